The van der Waals surface area contributed by atoms with Crippen LogP contribution in [0.2, 0.25) is 0 Å². The summed E-state index contributed by atoms with van der Waals surface area (Å²) in [7, 11) is 0. The standard InChI is InChI=1S/C13H21NO4/c1-4-17-11(15)13-5-10(13)6-14(8-13)12(16)18-7-9(2)3/h9-10H,4-8H2,1-3H3. The Morgan fingerprint density at radius 2 is 2.11 bits per heavy atom. The number of esters is 1. The van der Waals surface area contributed by atoms with Crippen molar-refractivity contribution in [3.8, 4) is 0 Å². The van der Waals surface area contributed by atoms with Crippen molar-refractivity contribution in [3.63, 3.8) is 0 Å². The highest BCUT2D eigenvalue weighted by Gasteiger charge is 2.67. The van der Waals surface area contributed by atoms with Crippen molar-refractivity contribution in [1.29, 1.82) is 0 Å². The van der Waals surface area contributed by atoms with Crippen LogP contribution in [0.1, 0.15) is 27.2 Å². The van der Waals surface area contributed by atoms with E-state index in [9.17, 15) is 9.59 Å². The van der Waals surface area contributed by atoms with Crippen LogP contribution in [0.4, 0.5) is 4.79 Å². The van der Waals surface area contributed by atoms with E-state index < -0.39 is 5.41 Å². The van der Waals surface area contributed by atoms with Crippen LogP contribution in [0.5, 0.6) is 0 Å². The van der Waals surface area contributed by atoms with Crippen LogP contribution in [0.25, 0.3) is 0 Å². The van der Waals surface area contributed by atoms with E-state index in [-0.39, 0.29) is 18.0 Å². The quantitative estimate of drug-likeness (QED) is 0.717. The van der Waals surface area contributed by atoms with Gasteiger partial charge in [0, 0.05) is 13.1 Å². The SMILES string of the molecule is CCOC(=O)C12CC1CN(C(=O)OCC(C)C)C2. The molecule has 1 aliphatic heterocycles. The molecule has 1 aliphatic carbocycles. The maximum atomic E-state index is 11.8. The van der Waals surface area contributed by atoms with Gasteiger partial charge >= 0.3 is 12.1 Å². The minimum absolute atomic E-state index is 0.158. The molecule has 1 amide bonds. The summed E-state index contributed by atoms with van der Waals surface area (Å²) in [4.78, 5) is 25.3. The van der Waals surface area contributed by atoms with E-state index in [4.69, 9.17) is 9.47 Å². The number of piperidine rings is 1. The van der Waals surface area contributed by atoms with Crippen LogP contribution < -0.4 is 0 Å². The van der Waals surface area contributed by atoms with Crippen LogP contribution in [0, 0.1) is 17.3 Å². The Balaban J connectivity index is 1.86. The van der Waals surface area contributed by atoms with Gasteiger partial charge in [0.1, 0.15) is 0 Å². The summed E-state index contributed by atoms with van der Waals surface area (Å²) >= 11 is 0. The van der Waals surface area contributed by atoms with Crippen molar-refractivity contribution in [3.05, 3.63) is 0 Å². The Morgan fingerprint density at radius 1 is 1.39 bits per heavy atom. The summed E-state index contributed by atoms with van der Waals surface area (Å²) in [5, 5.41) is 0. The second kappa shape index (κ2) is 4.78. The van der Waals surface area contributed by atoms with Crippen LogP contribution in [0.15, 0.2) is 0 Å². The molecule has 0 aromatic carbocycles. The average Bonchev–Trinajstić information content (AvgIpc) is 2.89. The van der Waals surface area contributed by atoms with Gasteiger partial charge in [-0.15, -0.1) is 0 Å². The first-order valence-corrected chi connectivity index (χ1v) is 6.58. The second-order valence-electron chi connectivity index (χ2n) is 5.63. The predicted octanol–water partition coefficient (Wildman–Crippen LogP) is 1.66. The third-order valence-electron chi connectivity index (χ3n) is 3.63. The number of amides is 1. The second-order valence-corrected chi connectivity index (χ2v) is 5.63. The number of rotatable bonds is 4. The molecule has 0 radical (unpaired) electrons. The highest BCUT2D eigenvalue weighted by molar-refractivity contribution is 5.83. The highest BCUT2D eigenvalue weighted by Crippen LogP contribution is 2.58. The van der Waals surface area contributed by atoms with Crippen molar-refractivity contribution in [1.82, 2.24) is 4.90 Å². The van der Waals surface area contributed by atoms with Gasteiger partial charge in [-0.05, 0) is 25.2 Å². The number of carbonyl (C=O) groups excluding carboxylic acids is 2. The first kappa shape index (κ1) is 13.2. The molecule has 18 heavy (non-hydrogen) atoms. The molecule has 2 atom stereocenters. The minimum Gasteiger partial charge on any atom is -0.466 e. The van der Waals surface area contributed by atoms with E-state index in [1.165, 1.54) is 0 Å². The summed E-state index contributed by atoms with van der Waals surface area (Å²) in [5.74, 6) is 0.433. The smallest absolute Gasteiger partial charge is 0.409 e. The number of fused-ring (bicyclic) bond motifs is 1. The molecule has 1 heterocycles. The van der Waals surface area contributed by atoms with Gasteiger partial charge in [0.05, 0.1) is 18.6 Å². The molecule has 0 aromatic heterocycles. The van der Waals surface area contributed by atoms with Gasteiger partial charge in [0.15, 0.2) is 0 Å². The number of hydrogen-bond donors (Lipinski definition) is 0. The maximum absolute atomic E-state index is 11.8. The Hall–Kier alpha value is -1.26. The molecule has 2 unspecified atom stereocenters. The molecule has 0 bridgehead atoms. The fourth-order valence-electron chi connectivity index (χ4n) is 2.54. The largest absolute Gasteiger partial charge is 0.466 e. The molecule has 5 nitrogen and oxygen atoms in total. The summed E-state index contributed by atoms with van der Waals surface area (Å²) < 4.78 is 10.3. The van der Waals surface area contributed by atoms with Crippen LogP contribution in [0.3, 0.4) is 0 Å². The fraction of sp³-hybridized carbons (Fsp3) is 0.846. The van der Waals surface area contributed by atoms with Crippen molar-refractivity contribution in [2.24, 2.45) is 17.3 Å². The Morgan fingerprint density at radius 3 is 2.72 bits per heavy atom. The van der Waals surface area contributed by atoms with Gasteiger partial charge in [-0.3, -0.25) is 4.79 Å². The van der Waals surface area contributed by atoms with Gasteiger partial charge in [-0.25, -0.2) is 4.79 Å². The third kappa shape index (κ3) is 2.31. The van der Waals surface area contributed by atoms with E-state index in [0.717, 1.165) is 6.42 Å². The van der Waals surface area contributed by atoms with Gasteiger partial charge in [0.2, 0.25) is 0 Å². The van der Waals surface area contributed by atoms with Crippen LogP contribution in [-0.4, -0.2) is 43.3 Å². The van der Waals surface area contributed by atoms with Crippen molar-refractivity contribution in [2.45, 2.75) is 27.2 Å². The molecular formula is C13H21NO4. The average molecular weight is 255 g/mol. The fourth-order valence-corrected chi connectivity index (χ4v) is 2.54. The van der Waals surface area contributed by atoms with Gasteiger partial charge in [-0.2, -0.15) is 0 Å². The van der Waals surface area contributed by atoms with E-state index in [1.807, 2.05) is 13.8 Å². The molecule has 102 valence electrons. The maximum Gasteiger partial charge on any atom is 0.409 e. The van der Waals surface area contributed by atoms with Crippen molar-refractivity contribution in [2.75, 3.05) is 26.3 Å². The molecule has 2 aliphatic rings. The van der Waals surface area contributed by atoms with E-state index in [0.29, 0.717) is 32.2 Å². The molecular weight excluding hydrogens is 234 g/mol. The number of ether oxygens (including phenoxy) is 2. The molecule has 0 aromatic rings. The van der Waals surface area contributed by atoms with E-state index >= 15 is 0 Å². The molecule has 5 heteroatoms. The Bertz CT molecular complexity index is 355. The molecule has 1 saturated heterocycles. The first-order valence-electron chi connectivity index (χ1n) is 6.58. The van der Waals surface area contributed by atoms with E-state index in [2.05, 4.69) is 0 Å². The molecule has 0 N–H and O–H groups in total. The summed E-state index contributed by atoms with van der Waals surface area (Å²) in [6.07, 6.45) is 0.541. The summed E-state index contributed by atoms with van der Waals surface area (Å²) in [5.41, 5.74) is -0.424. The summed E-state index contributed by atoms with van der Waals surface area (Å²) in [6, 6.07) is 0. The Labute approximate surface area is 107 Å². The van der Waals surface area contributed by atoms with Crippen LogP contribution >= 0.6 is 0 Å². The zero-order chi connectivity index (χ0) is 13.3. The molecule has 0 spiro atoms. The van der Waals surface area contributed by atoms with Crippen molar-refractivity contribution < 1.29 is 19.1 Å². The molecule has 1 saturated carbocycles. The lowest BCUT2D eigenvalue weighted by Gasteiger charge is -2.20. The predicted molar refractivity (Wildman–Crippen MR) is 64.9 cm³/mol. The highest BCUT2D eigenvalue weighted by atomic mass is 16.6. The number of likely N-dealkylation sites (tertiary alicyclic amines) is 1. The Kier molecular flexibility index (Phi) is 3.50. The van der Waals surface area contributed by atoms with E-state index in [1.54, 1.807) is 11.8 Å². The van der Waals surface area contributed by atoms with Gasteiger partial charge in [-0.1, -0.05) is 13.8 Å². The monoisotopic (exact) mass is 255 g/mol. The van der Waals surface area contributed by atoms with Crippen molar-refractivity contribution >= 4 is 12.1 Å². The molecule has 2 fully saturated rings. The number of carbonyl (C=O) groups is 2. The first-order chi connectivity index (χ1) is 8.49. The lowest BCUT2D eigenvalue weighted by atomic mass is 10.1. The van der Waals surface area contributed by atoms with Crippen LogP contribution in [-0.2, 0) is 14.3 Å². The molecule has 2 rings (SSSR count). The van der Waals surface area contributed by atoms with Gasteiger partial charge in [0.25, 0.3) is 0 Å². The number of hydrogen-bond acceptors (Lipinski definition) is 4. The topological polar surface area (TPSA) is 55.8 Å². The van der Waals surface area contributed by atoms with Gasteiger partial charge < -0.3 is 14.4 Å². The normalized spacial score (nSPS) is 29.1. The number of nitrogens with zero attached hydrogens (tertiary/aromatic N) is 1. The zero-order valence-corrected chi connectivity index (χ0v) is 11.3. The minimum atomic E-state index is -0.424. The zero-order valence-electron chi connectivity index (χ0n) is 11.3. The summed E-state index contributed by atoms with van der Waals surface area (Å²) in [6.45, 7) is 7.68. The third-order valence-corrected chi connectivity index (χ3v) is 3.63. The lowest BCUT2D eigenvalue weighted by molar-refractivity contribution is -0.149. The lowest BCUT2D eigenvalue weighted by Crippen LogP contribution is -2.35.